The topological polar surface area (TPSA) is 46.4 Å². The third-order valence-corrected chi connectivity index (χ3v) is 4.57. The summed E-state index contributed by atoms with van der Waals surface area (Å²) in [6.07, 6.45) is -1.38. The lowest BCUT2D eigenvalue weighted by molar-refractivity contribution is -0.137. The molecule has 0 unspecified atom stereocenters. The van der Waals surface area contributed by atoms with Crippen molar-refractivity contribution in [2.24, 2.45) is 0 Å². The molecule has 0 aliphatic heterocycles. The Morgan fingerprint density at radius 3 is 2.58 bits per heavy atom. The van der Waals surface area contributed by atoms with Crippen LogP contribution in [0, 0.1) is 0 Å². The SMILES string of the molecule is O=c1nc(NC2CC2)n2ccc(C(F)(F)F)cc2c1-c1ccccc1Cl. The Hall–Kier alpha value is -2.54. The second-order valence-electron chi connectivity index (χ2n) is 6.18. The Morgan fingerprint density at radius 1 is 1.19 bits per heavy atom. The zero-order chi connectivity index (χ0) is 18.5. The molecule has 1 aromatic carbocycles. The molecule has 8 heteroatoms. The van der Waals surface area contributed by atoms with Crippen molar-refractivity contribution in [1.82, 2.24) is 9.38 Å². The Bertz CT molecular complexity index is 1060. The van der Waals surface area contributed by atoms with Gasteiger partial charge in [-0.1, -0.05) is 29.8 Å². The number of nitrogens with one attached hydrogen (secondary N) is 1. The quantitative estimate of drug-likeness (QED) is 0.723. The maximum absolute atomic E-state index is 13.2. The molecule has 1 saturated carbocycles. The van der Waals surface area contributed by atoms with Crippen molar-refractivity contribution >= 4 is 23.1 Å². The average Bonchev–Trinajstić information content (AvgIpc) is 3.39. The van der Waals surface area contributed by atoms with Gasteiger partial charge in [0.25, 0.3) is 5.56 Å². The molecule has 3 aromatic rings. The zero-order valence-electron chi connectivity index (χ0n) is 13.3. The predicted molar refractivity (Wildman–Crippen MR) is 93.6 cm³/mol. The van der Waals surface area contributed by atoms with E-state index in [1.165, 1.54) is 10.6 Å². The number of hydrogen-bond acceptors (Lipinski definition) is 3. The molecule has 4 rings (SSSR count). The van der Waals surface area contributed by atoms with E-state index < -0.39 is 17.3 Å². The van der Waals surface area contributed by atoms with Crippen LogP contribution in [0.2, 0.25) is 5.02 Å². The van der Waals surface area contributed by atoms with Gasteiger partial charge in [-0.3, -0.25) is 9.20 Å². The first-order valence-corrected chi connectivity index (χ1v) is 8.37. The Kier molecular flexibility index (Phi) is 3.91. The Morgan fingerprint density at radius 2 is 1.92 bits per heavy atom. The van der Waals surface area contributed by atoms with Crippen LogP contribution < -0.4 is 10.9 Å². The summed E-state index contributed by atoms with van der Waals surface area (Å²) in [5, 5.41) is 3.36. The second kappa shape index (κ2) is 6.02. The predicted octanol–water partition coefficient (Wildman–Crippen LogP) is 4.61. The van der Waals surface area contributed by atoms with E-state index in [-0.39, 0.29) is 28.1 Å². The fourth-order valence-electron chi connectivity index (χ4n) is 2.80. The van der Waals surface area contributed by atoms with Crippen LogP contribution in [0.15, 0.2) is 47.4 Å². The molecule has 0 spiro atoms. The van der Waals surface area contributed by atoms with E-state index in [9.17, 15) is 18.0 Å². The smallest absolute Gasteiger partial charge is 0.353 e. The number of fused-ring (bicyclic) bond motifs is 1. The average molecular weight is 380 g/mol. The summed E-state index contributed by atoms with van der Waals surface area (Å²) < 4.78 is 41.1. The number of alkyl halides is 3. The molecule has 1 N–H and O–H groups in total. The first-order valence-electron chi connectivity index (χ1n) is 7.99. The van der Waals surface area contributed by atoms with Gasteiger partial charge in [-0.25, -0.2) is 0 Å². The minimum atomic E-state index is -4.52. The molecular formula is C18H13ClF3N3O. The number of hydrogen-bond donors (Lipinski definition) is 1. The van der Waals surface area contributed by atoms with Gasteiger partial charge in [0.1, 0.15) is 0 Å². The van der Waals surface area contributed by atoms with Gasteiger partial charge >= 0.3 is 6.18 Å². The summed E-state index contributed by atoms with van der Waals surface area (Å²) in [6.45, 7) is 0. The molecule has 134 valence electrons. The van der Waals surface area contributed by atoms with Gasteiger partial charge in [0, 0.05) is 22.8 Å². The summed E-state index contributed by atoms with van der Waals surface area (Å²) in [4.78, 5) is 16.7. The van der Waals surface area contributed by atoms with Crippen LogP contribution in [0.25, 0.3) is 16.6 Å². The summed E-state index contributed by atoms with van der Waals surface area (Å²) >= 11 is 6.18. The van der Waals surface area contributed by atoms with Crippen LogP contribution in [-0.2, 0) is 6.18 Å². The Labute approximate surface area is 151 Å². The lowest BCUT2D eigenvalue weighted by Gasteiger charge is -2.16. The van der Waals surface area contributed by atoms with E-state index >= 15 is 0 Å². The fourth-order valence-corrected chi connectivity index (χ4v) is 3.03. The van der Waals surface area contributed by atoms with Crippen molar-refractivity contribution in [3.8, 4) is 11.1 Å². The molecule has 0 atom stereocenters. The first-order chi connectivity index (χ1) is 12.3. The number of benzene rings is 1. The molecule has 0 amide bonds. The molecule has 0 bridgehead atoms. The lowest BCUT2D eigenvalue weighted by atomic mass is 10.0. The highest BCUT2D eigenvalue weighted by molar-refractivity contribution is 6.33. The van der Waals surface area contributed by atoms with Crippen LogP contribution in [0.3, 0.4) is 0 Å². The second-order valence-corrected chi connectivity index (χ2v) is 6.59. The van der Waals surface area contributed by atoms with Gasteiger partial charge in [-0.15, -0.1) is 0 Å². The highest BCUT2D eigenvalue weighted by Gasteiger charge is 2.32. The van der Waals surface area contributed by atoms with E-state index in [4.69, 9.17) is 11.6 Å². The van der Waals surface area contributed by atoms with E-state index in [1.807, 2.05) is 0 Å². The van der Waals surface area contributed by atoms with Crippen LogP contribution in [0.5, 0.6) is 0 Å². The molecule has 2 heterocycles. The number of rotatable bonds is 3. The third-order valence-electron chi connectivity index (χ3n) is 4.24. The highest BCUT2D eigenvalue weighted by atomic mass is 35.5. The van der Waals surface area contributed by atoms with Crippen molar-refractivity contribution < 1.29 is 13.2 Å². The van der Waals surface area contributed by atoms with Crippen LogP contribution in [0.4, 0.5) is 19.1 Å². The van der Waals surface area contributed by atoms with E-state index in [0.29, 0.717) is 5.56 Å². The van der Waals surface area contributed by atoms with E-state index in [2.05, 4.69) is 10.3 Å². The number of anilines is 1. The molecule has 26 heavy (non-hydrogen) atoms. The van der Waals surface area contributed by atoms with Gasteiger partial charge in [0.15, 0.2) is 0 Å². The molecule has 1 aliphatic rings. The number of aromatic nitrogens is 2. The van der Waals surface area contributed by atoms with Gasteiger partial charge in [0.2, 0.25) is 5.95 Å². The van der Waals surface area contributed by atoms with Crippen molar-refractivity contribution in [2.75, 3.05) is 5.32 Å². The molecule has 2 aromatic heterocycles. The van der Waals surface area contributed by atoms with Crippen LogP contribution in [0.1, 0.15) is 18.4 Å². The Balaban J connectivity index is 2.05. The third kappa shape index (κ3) is 3.03. The summed E-state index contributed by atoms with van der Waals surface area (Å²) in [7, 11) is 0. The maximum Gasteiger partial charge on any atom is 0.416 e. The number of halogens is 4. The largest absolute Gasteiger partial charge is 0.416 e. The first kappa shape index (κ1) is 16.9. The summed E-state index contributed by atoms with van der Waals surface area (Å²) in [5.74, 6) is 0.233. The minimum absolute atomic E-state index is 0.0445. The van der Waals surface area contributed by atoms with Crippen LogP contribution >= 0.6 is 11.6 Å². The van der Waals surface area contributed by atoms with Crippen molar-refractivity contribution in [3.05, 3.63) is 63.5 Å². The van der Waals surface area contributed by atoms with Crippen molar-refractivity contribution in [1.29, 1.82) is 0 Å². The maximum atomic E-state index is 13.2. The monoisotopic (exact) mass is 379 g/mol. The highest BCUT2D eigenvalue weighted by Crippen LogP contribution is 2.34. The van der Waals surface area contributed by atoms with Crippen LogP contribution in [-0.4, -0.2) is 15.4 Å². The van der Waals surface area contributed by atoms with Gasteiger partial charge in [0.05, 0.1) is 16.6 Å². The molecule has 4 nitrogen and oxygen atoms in total. The standard InChI is InChI=1S/C18H13ClF3N3O/c19-13-4-2-1-3-12(13)15-14-9-10(18(20,21)22)7-8-25(14)17(24-16(15)26)23-11-5-6-11/h1-4,7-9,11H,5-6H2,(H,23,24,26). The van der Waals surface area contributed by atoms with Gasteiger partial charge in [-0.05, 0) is 31.0 Å². The molecule has 0 radical (unpaired) electrons. The molecule has 1 fully saturated rings. The number of nitrogens with zero attached hydrogens (tertiary/aromatic N) is 2. The van der Waals surface area contributed by atoms with Gasteiger partial charge < -0.3 is 5.32 Å². The van der Waals surface area contributed by atoms with Gasteiger partial charge in [-0.2, -0.15) is 18.2 Å². The molecule has 1 aliphatic carbocycles. The number of pyridine rings is 1. The molecule has 0 saturated heterocycles. The van der Waals surface area contributed by atoms with Crippen molar-refractivity contribution in [3.63, 3.8) is 0 Å². The van der Waals surface area contributed by atoms with E-state index in [0.717, 1.165) is 25.0 Å². The lowest BCUT2D eigenvalue weighted by Crippen LogP contribution is -2.19. The van der Waals surface area contributed by atoms with Crippen molar-refractivity contribution in [2.45, 2.75) is 25.1 Å². The normalized spacial score (nSPS) is 14.6. The fraction of sp³-hybridized carbons (Fsp3) is 0.222. The zero-order valence-corrected chi connectivity index (χ0v) is 14.1. The summed E-state index contributed by atoms with van der Waals surface area (Å²) in [5.41, 5.74) is -0.963. The summed E-state index contributed by atoms with van der Waals surface area (Å²) in [6, 6.07) is 8.63. The molecular weight excluding hydrogens is 367 g/mol. The van der Waals surface area contributed by atoms with E-state index in [1.54, 1.807) is 24.3 Å². The minimum Gasteiger partial charge on any atom is -0.353 e.